The maximum Gasteiger partial charge on any atom is 0.149 e. The molecular formula is C10H11F2NO. The molecule has 1 aromatic rings. The summed E-state index contributed by atoms with van der Waals surface area (Å²) in [6.07, 6.45) is 0. The SMILES string of the molecule is CC(=O)CN(C)c1cc(F)ccc1F. The molecule has 0 spiro atoms. The summed E-state index contributed by atoms with van der Waals surface area (Å²) in [5, 5.41) is 0. The minimum Gasteiger partial charge on any atom is -0.365 e. The second kappa shape index (κ2) is 4.17. The van der Waals surface area contributed by atoms with E-state index in [2.05, 4.69) is 0 Å². The number of anilines is 1. The monoisotopic (exact) mass is 199 g/mol. The molecule has 0 saturated carbocycles. The van der Waals surface area contributed by atoms with Crippen LogP contribution in [0.1, 0.15) is 6.92 Å². The van der Waals surface area contributed by atoms with Crippen molar-refractivity contribution >= 4 is 11.5 Å². The molecular weight excluding hydrogens is 188 g/mol. The van der Waals surface area contributed by atoms with E-state index in [4.69, 9.17) is 0 Å². The molecule has 0 bridgehead atoms. The number of rotatable bonds is 3. The van der Waals surface area contributed by atoms with Gasteiger partial charge in [-0.05, 0) is 19.1 Å². The third kappa shape index (κ3) is 2.52. The first-order chi connectivity index (χ1) is 6.50. The van der Waals surface area contributed by atoms with Crippen LogP contribution in [0.5, 0.6) is 0 Å². The molecule has 0 amide bonds. The van der Waals surface area contributed by atoms with Gasteiger partial charge >= 0.3 is 0 Å². The van der Waals surface area contributed by atoms with Gasteiger partial charge in [0.2, 0.25) is 0 Å². The summed E-state index contributed by atoms with van der Waals surface area (Å²) in [7, 11) is 1.54. The number of halogens is 2. The van der Waals surface area contributed by atoms with E-state index in [9.17, 15) is 13.6 Å². The molecule has 0 aliphatic carbocycles. The van der Waals surface area contributed by atoms with Crippen molar-refractivity contribution in [2.45, 2.75) is 6.92 Å². The largest absolute Gasteiger partial charge is 0.365 e. The minimum absolute atomic E-state index is 0.0698. The quantitative estimate of drug-likeness (QED) is 0.742. The summed E-state index contributed by atoms with van der Waals surface area (Å²) in [6, 6.07) is 3.15. The van der Waals surface area contributed by atoms with Gasteiger partial charge in [-0.25, -0.2) is 8.78 Å². The number of carbonyl (C=O) groups is 1. The molecule has 0 fully saturated rings. The zero-order valence-electron chi connectivity index (χ0n) is 8.05. The number of ketones is 1. The molecule has 4 heteroatoms. The van der Waals surface area contributed by atoms with Crippen molar-refractivity contribution in [2.24, 2.45) is 0 Å². The Balaban J connectivity index is 2.93. The maximum absolute atomic E-state index is 13.2. The van der Waals surface area contributed by atoms with Gasteiger partial charge in [0.25, 0.3) is 0 Å². The molecule has 0 saturated heterocycles. The van der Waals surface area contributed by atoms with Crippen molar-refractivity contribution in [1.29, 1.82) is 0 Å². The van der Waals surface area contributed by atoms with Gasteiger partial charge in [-0.15, -0.1) is 0 Å². The third-order valence-electron chi connectivity index (χ3n) is 1.78. The van der Waals surface area contributed by atoms with E-state index >= 15 is 0 Å². The first kappa shape index (κ1) is 10.6. The minimum atomic E-state index is -0.532. The lowest BCUT2D eigenvalue weighted by atomic mass is 10.2. The van der Waals surface area contributed by atoms with Crippen LogP contribution in [0.2, 0.25) is 0 Å². The Kier molecular flexibility index (Phi) is 3.17. The average Bonchev–Trinajstić information content (AvgIpc) is 2.08. The predicted octanol–water partition coefficient (Wildman–Crippen LogP) is 1.99. The van der Waals surface area contributed by atoms with Crippen LogP contribution in [0, 0.1) is 11.6 Å². The first-order valence-corrected chi connectivity index (χ1v) is 4.16. The Morgan fingerprint density at radius 2 is 2.07 bits per heavy atom. The highest BCUT2D eigenvalue weighted by molar-refractivity contribution is 5.80. The van der Waals surface area contributed by atoms with Crippen molar-refractivity contribution in [1.82, 2.24) is 0 Å². The highest BCUT2D eigenvalue weighted by Crippen LogP contribution is 2.18. The van der Waals surface area contributed by atoms with Gasteiger partial charge in [-0.3, -0.25) is 4.79 Å². The van der Waals surface area contributed by atoms with Crippen LogP contribution in [-0.2, 0) is 4.79 Å². The number of nitrogens with zero attached hydrogens (tertiary/aromatic N) is 1. The van der Waals surface area contributed by atoms with E-state index < -0.39 is 11.6 Å². The molecule has 0 atom stereocenters. The van der Waals surface area contributed by atoms with Crippen LogP contribution in [0.4, 0.5) is 14.5 Å². The second-order valence-corrected chi connectivity index (χ2v) is 3.15. The van der Waals surface area contributed by atoms with Crippen LogP contribution in [0.15, 0.2) is 18.2 Å². The summed E-state index contributed by atoms with van der Waals surface area (Å²) in [4.78, 5) is 12.1. The predicted molar refractivity (Wildman–Crippen MR) is 50.3 cm³/mol. The van der Waals surface area contributed by atoms with Crippen LogP contribution >= 0.6 is 0 Å². The van der Waals surface area contributed by atoms with Crippen LogP contribution in [0.25, 0.3) is 0 Å². The van der Waals surface area contributed by atoms with Crippen molar-refractivity contribution in [3.8, 4) is 0 Å². The van der Waals surface area contributed by atoms with Crippen LogP contribution in [-0.4, -0.2) is 19.4 Å². The first-order valence-electron chi connectivity index (χ1n) is 4.16. The summed E-state index contributed by atoms with van der Waals surface area (Å²) in [5.74, 6) is -1.15. The molecule has 1 aromatic carbocycles. The van der Waals surface area contributed by atoms with Crippen molar-refractivity contribution in [3.63, 3.8) is 0 Å². The Bertz CT molecular complexity index is 352. The molecule has 0 aliphatic heterocycles. The lowest BCUT2D eigenvalue weighted by Gasteiger charge is -2.17. The molecule has 76 valence electrons. The highest BCUT2D eigenvalue weighted by atomic mass is 19.1. The van der Waals surface area contributed by atoms with E-state index in [1.165, 1.54) is 11.8 Å². The van der Waals surface area contributed by atoms with Crippen molar-refractivity contribution in [2.75, 3.05) is 18.5 Å². The summed E-state index contributed by atoms with van der Waals surface area (Å²) in [6.45, 7) is 1.47. The molecule has 14 heavy (non-hydrogen) atoms. The van der Waals surface area contributed by atoms with Crippen molar-refractivity contribution < 1.29 is 13.6 Å². The molecule has 0 aliphatic rings. The lowest BCUT2D eigenvalue weighted by molar-refractivity contribution is -0.115. The van der Waals surface area contributed by atoms with E-state index in [1.807, 2.05) is 0 Å². The average molecular weight is 199 g/mol. The van der Waals surface area contributed by atoms with Crippen LogP contribution < -0.4 is 4.90 Å². The molecule has 0 radical (unpaired) electrons. The van der Waals surface area contributed by atoms with Gasteiger partial charge in [0.05, 0.1) is 12.2 Å². The smallest absolute Gasteiger partial charge is 0.149 e. The second-order valence-electron chi connectivity index (χ2n) is 3.15. The van der Waals surface area contributed by atoms with Crippen molar-refractivity contribution in [3.05, 3.63) is 29.8 Å². The van der Waals surface area contributed by atoms with Gasteiger partial charge in [0, 0.05) is 13.1 Å². The summed E-state index contributed by atoms with van der Waals surface area (Å²) in [5.41, 5.74) is 0.0974. The molecule has 0 N–H and O–H groups in total. The number of hydrogen-bond acceptors (Lipinski definition) is 2. The van der Waals surface area contributed by atoms with Gasteiger partial charge in [-0.2, -0.15) is 0 Å². The van der Waals surface area contributed by atoms with E-state index in [0.717, 1.165) is 18.2 Å². The lowest BCUT2D eigenvalue weighted by Crippen LogP contribution is -2.24. The van der Waals surface area contributed by atoms with Gasteiger partial charge < -0.3 is 4.90 Å². The number of Topliss-reactive ketones (excluding diaryl/α,β-unsaturated/α-hetero) is 1. The number of benzene rings is 1. The highest BCUT2D eigenvalue weighted by Gasteiger charge is 2.09. The topological polar surface area (TPSA) is 20.3 Å². The zero-order valence-corrected chi connectivity index (χ0v) is 8.05. The summed E-state index contributed by atoms with van der Waals surface area (Å²) < 4.78 is 25.9. The Morgan fingerprint density at radius 1 is 1.43 bits per heavy atom. The summed E-state index contributed by atoms with van der Waals surface area (Å²) >= 11 is 0. The normalized spacial score (nSPS) is 10.0. The van der Waals surface area contributed by atoms with E-state index in [-0.39, 0.29) is 18.0 Å². The van der Waals surface area contributed by atoms with Crippen LogP contribution in [0.3, 0.4) is 0 Å². The molecule has 0 aromatic heterocycles. The Hall–Kier alpha value is -1.45. The molecule has 2 nitrogen and oxygen atoms in total. The Morgan fingerprint density at radius 3 is 2.64 bits per heavy atom. The number of hydrogen-bond donors (Lipinski definition) is 0. The molecule has 1 rings (SSSR count). The van der Waals surface area contributed by atoms with Gasteiger partial charge in [-0.1, -0.05) is 0 Å². The molecule has 0 heterocycles. The fourth-order valence-corrected chi connectivity index (χ4v) is 1.20. The maximum atomic E-state index is 13.2. The van der Waals surface area contributed by atoms with Gasteiger partial charge in [0.1, 0.15) is 17.4 Å². The standard InChI is InChI=1S/C10H11F2NO/c1-7(14)6-13(2)10-5-8(11)3-4-9(10)12/h3-5H,6H2,1-2H3. The fourth-order valence-electron chi connectivity index (χ4n) is 1.20. The zero-order chi connectivity index (χ0) is 10.7. The Labute approximate surface area is 81.1 Å². The van der Waals surface area contributed by atoms with E-state index in [0.29, 0.717) is 0 Å². The van der Waals surface area contributed by atoms with E-state index in [1.54, 1.807) is 7.05 Å². The number of carbonyl (C=O) groups excluding carboxylic acids is 1. The molecule has 0 unspecified atom stereocenters. The van der Waals surface area contributed by atoms with Gasteiger partial charge in [0.15, 0.2) is 0 Å². The number of likely N-dealkylation sites (N-methyl/N-ethyl adjacent to an activating group) is 1. The third-order valence-corrected chi connectivity index (χ3v) is 1.78. The fraction of sp³-hybridized carbons (Fsp3) is 0.300.